The normalized spacial score (nSPS) is 12.3. The van der Waals surface area contributed by atoms with Crippen molar-refractivity contribution in [1.29, 1.82) is 0 Å². The summed E-state index contributed by atoms with van der Waals surface area (Å²) in [6.07, 6.45) is 0. The molecule has 0 amide bonds. The molecule has 1 aromatic rings. The quantitative estimate of drug-likeness (QED) is 0.769. The molecular formula is C14H25N3O2S. The summed E-state index contributed by atoms with van der Waals surface area (Å²) >= 11 is 0. The topological polar surface area (TPSA) is 52.7 Å². The summed E-state index contributed by atoms with van der Waals surface area (Å²) in [6.45, 7) is 1.96. The molecule has 0 bridgehead atoms. The number of hydrogen-bond donors (Lipinski definition) is 1. The van der Waals surface area contributed by atoms with Gasteiger partial charge in [0.1, 0.15) is 0 Å². The molecule has 1 rings (SSSR count). The van der Waals surface area contributed by atoms with Gasteiger partial charge in [0, 0.05) is 26.7 Å². The van der Waals surface area contributed by atoms with E-state index in [2.05, 4.69) is 5.32 Å². The summed E-state index contributed by atoms with van der Waals surface area (Å²) in [6, 6.07) is 7.68. The highest BCUT2D eigenvalue weighted by molar-refractivity contribution is 7.88. The number of likely N-dealkylation sites (N-methyl/N-ethyl adjacent to an activating group) is 2. The van der Waals surface area contributed by atoms with E-state index >= 15 is 0 Å². The average Bonchev–Trinajstić information content (AvgIpc) is 2.36. The molecule has 1 N–H and O–H groups in total. The van der Waals surface area contributed by atoms with Crippen LogP contribution in [0.15, 0.2) is 24.3 Å². The Morgan fingerprint density at radius 1 is 1.10 bits per heavy atom. The van der Waals surface area contributed by atoms with Gasteiger partial charge in [-0.1, -0.05) is 24.3 Å². The Kier molecular flexibility index (Phi) is 6.61. The van der Waals surface area contributed by atoms with Gasteiger partial charge in [-0.2, -0.15) is 0 Å². The number of hydrogen-bond acceptors (Lipinski definition) is 4. The Labute approximate surface area is 122 Å². The summed E-state index contributed by atoms with van der Waals surface area (Å²) in [5.41, 5.74) is 1.92. The summed E-state index contributed by atoms with van der Waals surface area (Å²) < 4.78 is 26.0. The molecule has 0 unspecified atom stereocenters. The molecule has 0 saturated carbocycles. The number of nitrogens with zero attached hydrogens (tertiary/aromatic N) is 2. The molecule has 0 saturated heterocycles. The van der Waals surface area contributed by atoms with E-state index in [1.165, 1.54) is 4.31 Å². The Balaban J connectivity index is 2.72. The van der Waals surface area contributed by atoms with Gasteiger partial charge in [-0.05, 0) is 32.3 Å². The number of rotatable bonds is 8. The van der Waals surface area contributed by atoms with Gasteiger partial charge in [-0.25, -0.2) is 12.7 Å². The minimum atomic E-state index is -3.25. The number of benzene rings is 1. The first-order valence-electron chi connectivity index (χ1n) is 6.66. The van der Waals surface area contributed by atoms with Gasteiger partial charge in [0.25, 0.3) is 0 Å². The van der Waals surface area contributed by atoms with Gasteiger partial charge < -0.3 is 10.2 Å². The summed E-state index contributed by atoms with van der Waals surface area (Å²) in [4.78, 5) is 1.97. The Morgan fingerprint density at radius 3 is 2.35 bits per heavy atom. The van der Waals surface area contributed by atoms with Crippen LogP contribution in [0.5, 0.6) is 0 Å². The molecule has 0 fully saturated rings. The Bertz CT molecular complexity index is 515. The lowest BCUT2D eigenvalue weighted by molar-refractivity contribution is 0.358. The third-order valence-electron chi connectivity index (χ3n) is 3.06. The van der Waals surface area contributed by atoms with Crippen LogP contribution >= 0.6 is 0 Å². The van der Waals surface area contributed by atoms with E-state index in [9.17, 15) is 8.42 Å². The monoisotopic (exact) mass is 299 g/mol. The minimum Gasteiger partial charge on any atom is -0.316 e. The lowest BCUT2D eigenvalue weighted by atomic mass is 10.1. The van der Waals surface area contributed by atoms with Crippen molar-refractivity contribution >= 4 is 10.0 Å². The van der Waals surface area contributed by atoms with Crippen LogP contribution in [-0.4, -0.2) is 58.9 Å². The van der Waals surface area contributed by atoms with E-state index in [0.29, 0.717) is 6.54 Å². The molecular weight excluding hydrogens is 274 g/mol. The van der Waals surface area contributed by atoms with Crippen molar-refractivity contribution in [3.05, 3.63) is 35.4 Å². The molecule has 1 aromatic carbocycles. The van der Waals surface area contributed by atoms with Gasteiger partial charge in [0.2, 0.25) is 10.0 Å². The smallest absolute Gasteiger partial charge is 0.218 e. The average molecular weight is 299 g/mol. The molecule has 0 heterocycles. The van der Waals surface area contributed by atoms with Gasteiger partial charge in [-0.15, -0.1) is 0 Å². The van der Waals surface area contributed by atoms with Crippen LogP contribution in [0.3, 0.4) is 0 Å². The second kappa shape index (κ2) is 7.73. The molecule has 0 spiro atoms. The molecule has 0 radical (unpaired) electrons. The van der Waals surface area contributed by atoms with Crippen molar-refractivity contribution in [2.24, 2.45) is 0 Å². The minimum absolute atomic E-state index is 0.0501. The molecule has 0 aromatic heterocycles. The van der Waals surface area contributed by atoms with E-state index in [0.717, 1.165) is 24.2 Å². The molecule has 114 valence electrons. The van der Waals surface area contributed by atoms with E-state index in [4.69, 9.17) is 0 Å². The third kappa shape index (κ3) is 5.58. The number of nitrogens with one attached hydrogen (secondary N) is 1. The molecule has 6 heteroatoms. The second-order valence-electron chi connectivity index (χ2n) is 5.23. The van der Waals surface area contributed by atoms with Gasteiger partial charge in [0.05, 0.1) is 5.75 Å². The standard InChI is InChI=1S/C14H25N3O2S/c1-15-11-13-6-5-7-14(10-13)12-20(18,19)17(4)9-8-16(2)3/h5-7,10,15H,8-9,11-12H2,1-4H3. The maximum atomic E-state index is 12.3. The maximum absolute atomic E-state index is 12.3. The Morgan fingerprint density at radius 2 is 1.75 bits per heavy atom. The fraction of sp³-hybridized carbons (Fsp3) is 0.571. The molecule has 5 nitrogen and oxygen atoms in total. The highest BCUT2D eigenvalue weighted by atomic mass is 32.2. The molecule has 0 aliphatic carbocycles. The second-order valence-corrected chi connectivity index (χ2v) is 7.31. The first kappa shape index (κ1) is 17.1. The molecule has 0 aliphatic heterocycles. The zero-order valence-corrected chi connectivity index (χ0v) is 13.6. The Hall–Kier alpha value is -0.950. The van der Waals surface area contributed by atoms with Crippen molar-refractivity contribution in [2.75, 3.05) is 41.3 Å². The highest BCUT2D eigenvalue weighted by Gasteiger charge is 2.18. The van der Waals surface area contributed by atoms with Crippen LogP contribution in [0.25, 0.3) is 0 Å². The molecule has 0 atom stereocenters. The van der Waals surface area contributed by atoms with Gasteiger partial charge in [-0.3, -0.25) is 0 Å². The molecule has 20 heavy (non-hydrogen) atoms. The lowest BCUT2D eigenvalue weighted by Gasteiger charge is -2.19. The van der Waals surface area contributed by atoms with E-state index in [-0.39, 0.29) is 5.75 Å². The van der Waals surface area contributed by atoms with Crippen LogP contribution in [0.2, 0.25) is 0 Å². The van der Waals surface area contributed by atoms with Crippen molar-refractivity contribution in [3.63, 3.8) is 0 Å². The summed E-state index contributed by atoms with van der Waals surface area (Å²) in [7, 11) is 4.12. The predicted octanol–water partition coefficient (Wildman–Crippen LogP) is 0.729. The first-order chi connectivity index (χ1) is 9.35. The van der Waals surface area contributed by atoms with E-state index in [1.54, 1.807) is 7.05 Å². The van der Waals surface area contributed by atoms with Crippen LogP contribution in [0.1, 0.15) is 11.1 Å². The van der Waals surface area contributed by atoms with Crippen molar-refractivity contribution in [2.45, 2.75) is 12.3 Å². The largest absolute Gasteiger partial charge is 0.316 e. The molecule has 0 aliphatic rings. The van der Waals surface area contributed by atoms with Crippen molar-refractivity contribution in [1.82, 2.24) is 14.5 Å². The number of sulfonamides is 1. The van der Waals surface area contributed by atoms with Crippen LogP contribution in [-0.2, 0) is 22.3 Å². The fourth-order valence-electron chi connectivity index (χ4n) is 1.83. The highest BCUT2D eigenvalue weighted by Crippen LogP contribution is 2.11. The van der Waals surface area contributed by atoms with Gasteiger partial charge in [0.15, 0.2) is 0 Å². The summed E-state index contributed by atoms with van der Waals surface area (Å²) in [5.74, 6) is 0.0501. The SMILES string of the molecule is CNCc1cccc(CS(=O)(=O)N(C)CCN(C)C)c1. The van der Waals surface area contributed by atoms with Crippen LogP contribution < -0.4 is 5.32 Å². The van der Waals surface area contributed by atoms with E-state index in [1.807, 2.05) is 50.3 Å². The van der Waals surface area contributed by atoms with Gasteiger partial charge >= 0.3 is 0 Å². The predicted molar refractivity (Wildman–Crippen MR) is 83.0 cm³/mol. The van der Waals surface area contributed by atoms with Crippen LogP contribution in [0, 0.1) is 0 Å². The third-order valence-corrected chi connectivity index (χ3v) is 4.89. The summed E-state index contributed by atoms with van der Waals surface area (Å²) in [5, 5.41) is 3.06. The lowest BCUT2D eigenvalue weighted by Crippen LogP contribution is -2.34. The fourth-order valence-corrected chi connectivity index (χ4v) is 3.02. The van der Waals surface area contributed by atoms with Crippen molar-refractivity contribution in [3.8, 4) is 0 Å². The maximum Gasteiger partial charge on any atom is 0.218 e. The van der Waals surface area contributed by atoms with E-state index < -0.39 is 10.0 Å². The zero-order valence-electron chi connectivity index (χ0n) is 12.8. The zero-order chi connectivity index (χ0) is 15.2. The van der Waals surface area contributed by atoms with Crippen LogP contribution in [0.4, 0.5) is 0 Å². The first-order valence-corrected chi connectivity index (χ1v) is 8.27. The van der Waals surface area contributed by atoms with Crippen molar-refractivity contribution < 1.29 is 8.42 Å².